The number of halogens is 2. The van der Waals surface area contributed by atoms with Crippen molar-refractivity contribution in [1.29, 1.82) is 0 Å². The van der Waals surface area contributed by atoms with E-state index in [1.165, 1.54) is 6.07 Å². The summed E-state index contributed by atoms with van der Waals surface area (Å²) >= 11 is 5.82. The molecular formula is C12H17ClFN. The Hall–Kier alpha value is -0.600. The van der Waals surface area contributed by atoms with Gasteiger partial charge in [-0.25, -0.2) is 4.39 Å². The zero-order valence-corrected chi connectivity index (χ0v) is 9.73. The summed E-state index contributed by atoms with van der Waals surface area (Å²) in [5.41, 5.74) is 6.31. The number of hydrogen-bond donors (Lipinski definition) is 1. The lowest BCUT2D eigenvalue weighted by Crippen LogP contribution is -2.17. The second-order valence-corrected chi connectivity index (χ2v) is 4.27. The van der Waals surface area contributed by atoms with E-state index < -0.39 is 0 Å². The van der Waals surface area contributed by atoms with Crippen molar-refractivity contribution < 1.29 is 4.39 Å². The van der Waals surface area contributed by atoms with E-state index in [2.05, 4.69) is 6.92 Å². The Labute approximate surface area is 95.4 Å². The van der Waals surface area contributed by atoms with Crippen LogP contribution in [0.3, 0.4) is 0 Å². The molecule has 0 heterocycles. The molecule has 1 aromatic carbocycles. The first-order valence-corrected chi connectivity index (χ1v) is 5.69. The molecule has 2 N–H and O–H groups in total. The van der Waals surface area contributed by atoms with Crippen molar-refractivity contribution in [3.63, 3.8) is 0 Å². The van der Waals surface area contributed by atoms with Gasteiger partial charge in [0.05, 0.1) is 0 Å². The lowest BCUT2D eigenvalue weighted by molar-refractivity contribution is 0.475. The molecule has 0 aliphatic heterocycles. The Balaban J connectivity index is 2.73. The minimum Gasteiger partial charge on any atom is -0.330 e. The second kappa shape index (κ2) is 6.09. The lowest BCUT2D eigenvalue weighted by atomic mass is 9.95. The van der Waals surface area contributed by atoms with Gasteiger partial charge in [-0.05, 0) is 49.1 Å². The molecule has 1 nitrogen and oxygen atoms in total. The normalized spacial score (nSPS) is 12.8. The first-order valence-electron chi connectivity index (χ1n) is 5.31. The largest absolute Gasteiger partial charge is 0.330 e. The summed E-state index contributed by atoms with van der Waals surface area (Å²) in [4.78, 5) is 0. The molecule has 1 rings (SSSR count). The van der Waals surface area contributed by atoms with Crippen LogP contribution in [0.15, 0.2) is 18.2 Å². The van der Waals surface area contributed by atoms with Gasteiger partial charge in [0, 0.05) is 5.02 Å². The highest BCUT2D eigenvalue weighted by Crippen LogP contribution is 2.19. The van der Waals surface area contributed by atoms with Crippen LogP contribution in [0.5, 0.6) is 0 Å². The molecule has 1 atom stereocenters. The Kier molecular flexibility index (Phi) is 5.06. The number of hydrogen-bond acceptors (Lipinski definition) is 1. The molecule has 0 aromatic heterocycles. The molecule has 3 heteroatoms. The van der Waals surface area contributed by atoms with Crippen LogP contribution >= 0.6 is 11.6 Å². The summed E-state index contributed by atoms with van der Waals surface area (Å²) in [6.07, 6.45) is 2.78. The molecule has 1 aromatic rings. The lowest BCUT2D eigenvalue weighted by Gasteiger charge is -2.14. The van der Waals surface area contributed by atoms with Gasteiger partial charge < -0.3 is 5.73 Å². The molecule has 0 saturated carbocycles. The van der Waals surface area contributed by atoms with Crippen LogP contribution in [-0.4, -0.2) is 6.54 Å². The molecule has 1 unspecified atom stereocenters. The highest BCUT2D eigenvalue weighted by molar-refractivity contribution is 6.30. The van der Waals surface area contributed by atoms with Crippen molar-refractivity contribution in [3.8, 4) is 0 Å². The molecule has 0 bridgehead atoms. The Bertz CT molecular complexity index is 314. The zero-order chi connectivity index (χ0) is 11.3. The maximum absolute atomic E-state index is 13.4. The van der Waals surface area contributed by atoms with E-state index in [0.29, 0.717) is 29.5 Å². The van der Waals surface area contributed by atoms with E-state index in [9.17, 15) is 4.39 Å². The van der Waals surface area contributed by atoms with Crippen molar-refractivity contribution in [2.24, 2.45) is 11.7 Å². The van der Waals surface area contributed by atoms with Crippen molar-refractivity contribution in [3.05, 3.63) is 34.6 Å². The zero-order valence-electron chi connectivity index (χ0n) is 8.97. The minimum absolute atomic E-state index is 0.186. The van der Waals surface area contributed by atoms with Crippen LogP contribution < -0.4 is 5.73 Å². The SMILES string of the molecule is CCCC(CN)Cc1cc(Cl)ccc1F. The van der Waals surface area contributed by atoms with Gasteiger partial charge in [0.2, 0.25) is 0 Å². The Morgan fingerprint density at radius 2 is 2.20 bits per heavy atom. The first-order chi connectivity index (χ1) is 7.17. The Morgan fingerprint density at radius 1 is 1.47 bits per heavy atom. The summed E-state index contributed by atoms with van der Waals surface area (Å²) in [6, 6.07) is 4.67. The third kappa shape index (κ3) is 3.80. The predicted octanol–water partition coefficient (Wildman–Crippen LogP) is 3.40. The molecule has 0 amide bonds. The van der Waals surface area contributed by atoms with Gasteiger partial charge in [-0.15, -0.1) is 0 Å². The molecule has 0 aliphatic carbocycles. The van der Waals surface area contributed by atoms with Crippen LogP contribution in [0.2, 0.25) is 5.02 Å². The van der Waals surface area contributed by atoms with Gasteiger partial charge in [-0.3, -0.25) is 0 Å². The summed E-state index contributed by atoms with van der Waals surface area (Å²) in [6.45, 7) is 2.71. The molecule has 0 spiro atoms. The van der Waals surface area contributed by atoms with Crippen LogP contribution in [0, 0.1) is 11.7 Å². The van der Waals surface area contributed by atoms with E-state index in [0.717, 1.165) is 12.8 Å². The molecular weight excluding hydrogens is 213 g/mol. The van der Waals surface area contributed by atoms with Crippen molar-refractivity contribution in [2.45, 2.75) is 26.2 Å². The molecule has 0 fully saturated rings. The number of rotatable bonds is 5. The van der Waals surface area contributed by atoms with E-state index >= 15 is 0 Å². The highest BCUT2D eigenvalue weighted by Gasteiger charge is 2.10. The summed E-state index contributed by atoms with van der Waals surface area (Å²) in [7, 11) is 0. The highest BCUT2D eigenvalue weighted by atomic mass is 35.5. The van der Waals surface area contributed by atoms with E-state index in [1.807, 2.05) is 0 Å². The second-order valence-electron chi connectivity index (χ2n) is 3.83. The van der Waals surface area contributed by atoms with Gasteiger partial charge in [0.25, 0.3) is 0 Å². The maximum atomic E-state index is 13.4. The van der Waals surface area contributed by atoms with Crippen LogP contribution in [0.4, 0.5) is 4.39 Å². The molecule has 0 radical (unpaired) electrons. The van der Waals surface area contributed by atoms with Gasteiger partial charge >= 0.3 is 0 Å². The number of benzene rings is 1. The topological polar surface area (TPSA) is 26.0 Å². The average molecular weight is 230 g/mol. The van der Waals surface area contributed by atoms with Gasteiger partial charge in [0.15, 0.2) is 0 Å². The summed E-state index contributed by atoms with van der Waals surface area (Å²) in [5, 5.41) is 0.582. The number of nitrogens with two attached hydrogens (primary N) is 1. The standard InChI is InChI=1S/C12H17ClFN/c1-2-3-9(8-15)6-10-7-11(13)4-5-12(10)14/h4-5,7,9H,2-3,6,8,15H2,1H3. The Morgan fingerprint density at radius 3 is 2.80 bits per heavy atom. The molecule has 15 heavy (non-hydrogen) atoms. The molecule has 0 saturated heterocycles. The van der Waals surface area contributed by atoms with Crippen molar-refractivity contribution in [2.75, 3.05) is 6.54 Å². The smallest absolute Gasteiger partial charge is 0.126 e. The van der Waals surface area contributed by atoms with Crippen LogP contribution in [0.25, 0.3) is 0 Å². The van der Waals surface area contributed by atoms with Crippen LogP contribution in [-0.2, 0) is 6.42 Å². The van der Waals surface area contributed by atoms with Crippen molar-refractivity contribution >= 4 is 11.6 Å². The monoisotopic (exact) mass is 229 g/mol. The van der Waals surface area contributed by atoms with E-state index in [-0.39, 0.29) is 5.82 Å². The van der Waals surface area contributed by atoms with Crippen molar-refractivity contribution in [1.82, 2.24) is 0 Å². The fraction of sp³-hybridized carbons (Fsp3) is 0.500. The van der Waals surface area contributed by atoms with Crippen LogP contribution in [0.1, 0.15) is 25.3 Å². The fourth-order valence-electron chi connectivity index (χ4n) is 1.72. The molecule has 0 aliphatic rings. The van der Waals surface area contributed by atoms with Gasteiger partial charge in [-0.1, -0.05) is 24.9 Å². The van der Waals surface area contributed by atoms with Gasteiger partial charge in [-0.2, -0.15) is 0 Å². The molecule has 84 valence electrons. The first kappa shape index (κ1) is 12.5. The average Bonchev–Trinajstić information content (AvgIpc) is 2.22. The van der Waals surface area contributed by atoms with E-state index in [1.54, 1.807) is 12.1 Å². The third-order valence-electron chi connectivity index (χ3n) is 2.55. The minimum atomic E-state index is -0.186. The quantitative estimate of drug-likeness (QED) is 0.823. The predicted molar refractivity (Wildman–Crippen MR) is 62.6 cm³/mol. The maximum Gasteiger partial charge on any atom is 0.126 e. The fourth-order valence-corrected chi connectivity index (χ4v) is 1.92. The third-order valence-corrected chi connectivity index (χ3v) is 2.78. The summed E-state index contributed by atoms with van der Waals surface area (Å²) < 4.78 is 13.4. The summed E-state index contributed by atoms with van der Waals surface area (Å²) in [5.74, 6) is 0.164. The van der Waals surface area contributed by atoms with Gasteiger partial charge in [0.1, 0.15) is 5.82 Å². The van der Waals surface area contributed by atoms with E-state index in [4.69, 9.17) is 17.3 Å².